The fraction of sp³-hybridized carbons (Fsp3) is 0.233. The van der Waals surface area contributed by atoms with E-state index in [1.807, 2.05) is 52.4 Å². The van der Waals surface area contributed by atoms with Crippen molar-refractivity contribution in [1.82, 2.24) is 9.55 Å². The van der Waals surface area contributed by atoms with E-state index < -0.39 is 0 Å². The molecule has 2 aromatic heterocycles. The van der Waals surface area contributed by atoms with Gasteiger partial charge in [-0.05, 0) is 55.7 Å². The van der Waals surface area contributed by atoms with Gasteiger partial charge in [0.2, 0.25) is 11.0 Å². The highest BCUT2D eigenvalue weighted by Gasteiger charge is 2.45. The zero-order valence-corrected chi connectivity index (χ0v) is 23.1. The maximum atomic E-state index is 11.5. The van der Waals surface area contributed by atoms with Crippen molar-refractivity contribution in [3.8, 4) is 22.9 Å². The minimum atomic E-state index is -0.387. The van der Waals surface area contributed by atoms with E-state index in [1.165, 1.54) is 16.9 Å². The first-order chi connectivity index (χ1) is 18.2. The lowest BCUT2D eigenvalue weighted by molar-refractivity contribution is 0.236. The van der Waals surface area contributed by atoms with Crippen LogP contribution in [-0.4, -0.2) is 21.8 Å². The van der Waals surface area contributed by atoms with Gasteiger partial charge < -0.3 is 14.4 Å². The zero-order valence-electron chi connectivity index (χ0n) is 21.6. The molecular formula is C30H27ClN4O2S. The molecule has 5 aromatic rings. The van der Waals surface area contributed by atoms with Crippen molar-refractivity contribution in [1.29, 1.82) is 0 Å². The van der Waals surface area contributed by atoms with E-state index in [1.54, 1.807) is 7.11 Å². The highest BCUT2D eigenvalue weighted by Crippen LogP contribution is 2.55. The maximum Gasteiger partial charge on any atom is 0.230 e. The third kappa shape index (κ3) is 3.89. The number of aromatic hydroxyl groups is 1. The Bertz CT molecular complexity index is 1710. The van der Waals surface area contributed by atoms with Crippen LogP contribution in [-0.2, 0) is 11.0 Å². The van der Waals surface area contributed by atoms with Gasteiger partial charge in [-0.3, -0.25) is 0 Å². The van der Waals surface area contributed by atoms with Crippen LogP contribution < -0.4 is 4.74 Å². The number of azo groups is 1. The molecule has 0 amide bonds. The first kappa shape index (κ1) is 24.6. The second kappa shape index (κ2) is 8.96. The second-order valence-corrected chi connectivity index (χ2v) is 11.8. The third-order valence-electron chi connectivity index (χ3n) is 7.47. The molecule has 3 aromatic carbocycles. The molecule has 0 fully saturated rings. The molecule has 3 heterocycles. The van der Waals surface area contributed by atoms with Gasteiger partial charge >= 0.3 is 0 Å². The number of rotatable bonds is 5. The first-order valence-electron chi connectivity index (χ1n) is 12.4. The number of nitrogens with zero attached hydrogens (tertiary/aromatic N) is 4. The third-order valence-corrected chi connectivity index (χ3v) is 8.41. The molecule has 0 saturated carbocycles. The summed E-state index contributed by atoms with van der Waals surface area (Å²) in [7, 11) is 1.64. The summed E-state index contributed by atoms with van der Waals surface area (Å²) in [4.78, 5) is 4.63. The van der Waals surface area contributed by atoms with Gasteiger partial charge in [0.05, 0.1) is 18.3 Å². The summed E-state index contributed by atoms with van der Waals surface area (Å²) in [6, 6.07) is 22.1. The van der Waals surface area contributed by atoms with Crippen LogP contribution in [0, 0.1) is 0 Å². The molecule has 38 heavy (non-hydrogen) atoms. The Kier molecular flexibility index (Phi) is 5.81. The van der Waals surface area contributed by atoms with E-state index in [2.05, 4.69) is 60.2 Å². The lowest BCUT2D eigenvalue weighted by atomic mass is 9.66. The van der Waals surface area contributed by atoms with Crippen molar-refractivity contribution in [3.63, 3.8) is 0 Å². The minimum Gasteiger partial charge on any atom is -0.497 e. The molecule has 192 valence electrons. The summed E-state index contributed by atoms with van der Waals surface area (Å²) < 4.78 is 7.31. The Hall–Kier alpha value is -3.68. The summed E-state index contributed by atoms with van der Waals surface area (Å²) >= 11 is 8.06. The quantitative estimate of drug-likeness (QED) is 0.225. The molecular weight excluding hydrogens is 516 g/mol. The van der Waals surface area contributed by atoms with Crippen LogP contribution in [0.15, 0.2) is 82.3 Å². The molecule has 0 aliphatic carbocycles. The van der Waals surface area contributed by atoms with Crippen molar-refractivity contribution >= 4 is 44.7 Å². The van der Waals surface area contributed by atoms with Crippen LogP contribution in [0.4, 0.5) is 10.8 Å². The number of thiazole rings is 1. The smallest absolute Gasteiger partial charge is 0.230 e. The Balaban J connectivity index is 1.48. The predicted octanol–water partition coefficient (Wildman–Crippen LogP) is 8.99. The van der Waals surface area contributed by atoms with Gasteiger partial charge in [0, 0.05) is 32.3 Å². The monoisotopic (exact) mass is 542 g/mol. The van der Waals surface area contributed by atoms with Gasteiger partial charge in [-0.2, -0.15) is 0 Å². The summed E-state index contributed by atoms with van der Waals surface area (Å²) in [5.74, 6) is 0.844. The molecule has 6 nitrogen and oxygen atoms in total. The van der Waals surface area contributed by atoms with E-state index in [0.717, 1.165) is 39.9 Å². The van der Waals surface area contributed by atoms with Gasteiger partial charge in [-0.25, -0.2) is 4.98 Å². The number of ether oxygens (including phenoxy) is 1. The average Bonchev–Trinajstić information content (AvgIpc) is 3.49. The Morgan fingerprint density at radius 1 is 1.03 bits per heavy atom. The zero-order chi connectivity index (χ0) is 26.7. The lowest BCUT2D eigenvalue weighted by Gasteiger charge is -2.45. The van der Waals surface area contributed by atoms with Gasteiger partial charge in [0.15, 0.2) is 5.69 Å². The average molecular weight is 543 g/mol. The molecule has 0 saturated heterocycles. The standard InChI is InChI=1S/C30H27ClN4O2S/c1-29(2)17-30(3,19-10-6-5-7-11-19)23-15-20(31)14-22-25(27(36)35(29)26(22)23)33-34-28-32-24(16-38-28)18-9-8-12-21(13-18)37-4/h5-16,36H,17H2,1-4H3. The van der Waals surface area contributed by atoms with Crippen molar-refractivity contribution in [2.45, 2.75) is 38.1 Å². The molecule has 8 heteroatoms. The number of hydrogen-bond donors (Lipinski definition) is 1. The second-order valence-electron chi connectivity index (χ2n) is 10.5. The molecule has 6 rings (SSSR count). The van der Waals surface area contributed by atoms with E-state index in [9.17, 15) is 5.11 Å². The Morgan fingerprint density at radius 2 is 1.82 bits per heavy atom. The van der Waals surface area contributed by atoms with Crippen molar-refractivity contribution in [2.75, 3.05) is 7.11 Å². The number of halogens is 1. The largest absolute Gasteiger partial charge is 0.497 e. The molecule has 1 N–H and O–H groups in total. The van der Waals surface area contributed by atoms with Crippen LogP contribution >= 0.6 is 22.9 Å². The van der Waals surface area contributed by atoms with Crippen molar-refractivity contribution in [3.05, 3.63) is 88.3 Å². The van der Waals surface area contributed by atoms with Crippen LogP contribution in [0.5, 0.6) is 11.6 Å². The molecule has 0 radical (unpaired) electrons. The molecule has 1 aliphatic heterocycles. The number of methoxy groups -OCH3 is 1. The van der Waals surface area contributed by atoms with Crippen molar-refractivity contribution < 1.29 is 9.84 Å². The van der Waals surface area contributed by atoms with Gasteiger partial charge in [0.25, 0.3) is 0 Å². The fourth-order valence-electron chi connectivity index (χ4n) is 5.88. The predicted molar refractivity (Wildman–Crippen MR) is 154 cm³/mol. The normalized spacial score (nSPS) is 18.3. The summed E-state index contributed by atoms with van der Waals surface area (Å²) in [5, 5.41) is 24.2. The molecule has 0 bridgehead atoms. The van der Waals surface area contributed by atoms with Gasteiger partial charge in [-0.1, -0.05) is 61.0 Å². The first-order valence-corrected chi connectivity index (χ1v) is 13.6. The number of aromatic nitrogens is 2. The summed E-state index contributed by atoms with van der Waals surface area (Å²) in [6.45, 7) is 6.54. The Morgan fingerprint density at radius 3 is 2.58 bits per heavy atom. The van der Waals surface area contributed by atoms with E-state index in [4.69, 9.17) is 16.3 Å². The number of benzene rings is 3. The molecule has 1 atom stereocenters. The topological polar surface area (TPSA) is 72.0 Å². The summed E-state index contributed by atoms with van der Waals surface area (Å²) in [6.07, 6.45) is 0.779. The maximum absolute atomic E-state index is 11.5. The van der Waals surface area contributed by atoms with Crippen LogP contribution in [0.2, 0.25) is 5.02 Å². The lowest BCUT2D eigenvalue weighted by Crippen LogP contribution is -2.41. The summed E-state index contributed by atoms with van der Waals surface area (Å²) in [5.41, 5.74) is 4.64. The fourth-order valence-corrected chi connectivity index (χ4v) is 6.75. The van der Waals surface area contributed by atoms with Gasteiger partial charge in [-0.15, -0.1) is 21.6 Å². The van der Waals surface area contributed by atoms with Crippen LogP contribution in [0.1, 0.15) is 38.3 Å². The van der Waals surface area contributed by atoms with Crippen LogP contribution in [0.25, 0.3) is 22.2 Å². The van der Waals surface area contributed by atoms with Crippen molar-refractivity contribution in [2.24, 2.45) is 10.2 Å². The minimum absolute atomic E-state index is 0.0805. The van der Waals surface area contributed by atoms with Crippen LogP contribution in [0.3, 0.4) is 0 Å². The molecule has 1 unspecified atom stereocenters. The SMILES string of the molecule is COc1cccc(-c2csc(N=Nc3c(O)n4c5c(cc(Cl)cc35)C(C)(c3ccccc3)CC4(C)C)n2)c1. The van der Waals surface area contributed by atoms with E-state index >= 15 is 0 Å². The van der Waals surface area contributed by atoms with Gasteiger partial charge in [0.1, 0.15) is 5.75 Å². The highest BCUT2D eigenvalue weighted by molar-refractivity contribution is 7.13. The molecule has 0 spiro atoms. The van der Waals surface area contributed by atoms with E-state index in [0.29, 0.717) is 15.8 Å². The number of hydrogen-bond acceptors (Lipinski definition) is 6. The highest BCUT2D eigenvalue weighted by atomic mass is 35.5. The van der Waals surface area contributed by atoms with E-state index in [-0.39, 0.29) is 16.8 Å². The molecule has 1 aliphatic rings. The Labute approximate surface area is 230 Å².